The molecule has 0 saturated heterocycles. The quantitative estimate of drug-likeness (QED) is 0.554. The highest BCUT2D eigenvalue weighted by Crippen LogP contribution is 2.26. The fraction of sp³-hybridized carbons (Fsp3) is 0.364. The van der Waals surface area contributed by atoms with Crippen LogP contribution in [-0.4, -0.2) is 27.4 Å². The Morgan fingerprint density at radius 2 is 1.94 bits per heavy atom. The molecule has 0 spiro atoms. The van der Waals surface area contributed by atoms with Crippen molar-refractivity contribution < 1.29 is 22.7 Å². The number of aromatic nitrogens is 2. The molecule has 1 unspecified atom stereocenters. The summed E-state index contributed by atoms with van der Waals surface area (Å²) in [6.07, 6.45) is 2.36. The van der Waals surface area contributed by atoms with Crippen LogP contribution in [0.25, 0.3) is 5.65 Å². The average molecular weight is 434 g/mol. The van der Waals surface area contributed by atoms with Gasteiger partial charge in [0.15, 0.2) is 23.0 Å². The van der Waals surface area contributed by atoms with E-state index in [-0.39, 0.29) is 18.2 Å². The van der Waals surface area contributed by atoms with Crippen LogP contribution in [0, 0.1) is 31.3 Å². The van der Waals surface area contributed by atoms with Gasteiger partial charge in [0, 0.05) is 18.3 Å². The van der Waals surface area contributed by atoms with Crippen molar-refractivity contribution in [1.29, 1.82) is 0 Å². The monoisotopic (exact) mass is 434 g/mol. The molecule has 0 aliphatic rings. The van der Waals surface area contributed by atoms with Crippen LogP contribution in [0.3, 0.4) is 0 Å². The van der Waals surface area contributed by atoms with Gasteiger partial charge in [0.05, 0.1) is 11.3 Å². The molecule has 1 amide bonds. The number of benzene rings is 1. The third-order valence-electron chi connectivity index (χ3n) is 5.37. The lowest BCUT2D eigenvalue weighted by molar-refractivity contribution is 0.0900. The van der Waals surface area contributed by atoms with E-state index in [0.717, 1.165) is 11.6 Å². The second-order valence-electron chi connectivity index (χ2n) is 7.80. The molecule has 0 radical (unpaired) electrons. The fourth-order valence-corrected chi connectivity index (χ4v) is 3.21. The van der Waals surface area contributed by atoms with Crippen LogP contribution in [0.5, 0.6) is 5.75 Å². The van der Waals surface area contributed by atoms with E-state index in [1.165, 1.54) is 0 Å². The van der Waals surface area contributed by atoms with Crippen molar-refractivity contribution in [3.8, 4) is 5.75 Å². The maximum atomic E-state index is 14.0. The van der Waals surface area contributed by atoms with E-state index in [4.69, 9.17) is 10.5 Å². The van der Waals surface area contributed by atoms with Crippen LogP contribution in [0.15, 0.2) is 24.4 Å². The predicted molar refractivity (Wildman–Crippen MR) is 111 cm³/mol. The van der Waals surface area contributed by atoms with Crippen LogP contribution in [-0.2, 0) is 6.61 Å². The van der Waals surface area contributed by atoms with Crippen LogP contribution in [0.4, 0.5) is 13.2 Å². The van der Waals surface area contributed by atoms with Gasteiger partial charge in [-0.05, 0) is 51.0 Å². The number of aryl methyl sites for hydroxylation is 2. The number of hydrogen-bond donors (Lipinski definition) is 2. The van der Waals surface area contributed by atoms with E-state index in [2.05, 4.69) is 10.3 Å². The highest BCUT2D eigenvalue weighted by molar-refractivity contribution is 5.95. The molecule has 0 aliphatic carbocycles. The number of pyridine rings is 1. The first-order valence-electron chi connectivity index (χ1n) is 9.87. The number of halogens is 3. The SMILES string of the molecule is CCC(C)(CN)NC(=O)c1c(C)nc2c(OCc3c(F)ccc(F)c3F)cc(C)cn12. The fourth-order valence-electron chi connectivity index (χ4n) is 3.21. The Kier molecular flexibility index (Phi) is 6.26. The largest absolute Gasteiger partial charge is 0.485 e. The minimum Gasteiger partial charge on any atom is -0.485 e. The lowest BCUT2D eigenvalue weighted by Gasteiger charge is -2.27. The van der Waals surface area contributed by atoms with Crippen LogP contribution in [0.1, 0.15) is 47.6 Å². The van der Waals surface area contributed by atoms with Gasteiger partial charge in [-0.1, -0.05) is 6.92 Å². The summed E-state index contributed by atoms with van der Waals surface area (Å²) < 4.78 is 48.6. The van der Waals surface area contributed by atoms with Gasteiger partial charge < -0.3 is 15.8 Å². The minimum atomic E-state index is -1.30. The maximum absolute atomic E-state index is 14.0. The van der Waals surface area contributed by atoms with Gasteiger partial charge in [-0.3, -0.25) is 9.20 Å². The molecule has 31 heavy (non-hydrogen) atoms. The van der Waals surface area contributed by atoms with Gasteiger partial charge in [0.1, 0.15) is 18.1 Å². The van der Waals surface area contributed by atoms with Crippen molar-refractivity contribution in [2.24, 2.45) is 5.73 Å². The summed E-state index contributed by atoms with van der Waals surface area (Å²) in [4.78, 5) is 17.4. The molecular weight excluding hydrogens is 409 g/mol. The molecular formula is C22H25F3N4O2. The molecule has 3 N–H and O–H groups in total. The van der Waals surface area contributed by atoms with Gasteiger partial charge in [-0.15, -0.1) is 0 Å². The van der Waals surface area contributed by atoms with Gasteiger partial charge >= 0.3 is 0 Å². The van der Waals surface area contributed by atoms with Crippen molar-refractivity contribution in [1.82, 2.24) is 14.7 Å². The van der Waals surface area contributed by atoms with Crippen molar-refractivity contribution in [3.05, 3.63) is 64.4 Å². The standard InChI is InChI=1S/C22H25F3N4O2/c1-5-22(4,11-26)28-21(30)19-13(3)27-20-17(8-12(2)9-29(19)20)31-10-14-15(23)6-7-16(24)18(14)25/h6-9H,5,10-11,26H2,1-4H3,(H,28,30). The average Bonchev–Trinajstić information content (AvgIpc) is 3.06. The molecule has 2 heterocycles. The summed E-state index contributed by atoms with van der Waals surface area (Å²) >= 11 is 0. The number of amides is 1. The van der Waals surface area contributed by atoms with E-state index in [0.29, 0.717) is 29.5 Å². The molecule has 0 saturated carbocycles. The van der Waals surface area contributed by atoms with Gasteiger partial charge in [0.2, 0.25) is 0 Å². The van der Waals surface area contributed by atoms with Crippen molar-refractivity contribution in [2.75, 3.05) is 6.54 Å². The van der Waals surface area contributed by atoms with Gasteiger partial charge in [-0.25, -0.2) is 18.2 Å². The van der Waals surface area contributed by atoms with E-state index < -0.39 is 35.2 Å². The van der Waals surface area contributed by atoms with E-state index in [9.17, 15) is 18.0 Å². The maximum Gasteiger partial charge on any atom is 0.270 e. The molecule has 0 bridgehead atoms. The zero-order valence-electron chi connectivity index (χ0n) is 17.9. The number of hydrogen-bond acceptors (Lipinski definition) is 4. The summed E-state index contributed by atoms with van der Waals surface area (Å²) in [5, 5.41) is 2.94. The molecule has 166 valence electrons. The summed E-state index contributed by atoms with van der Waals surface area (Å²) in [6.45, 7) is 6.97. The minimum absolute atomic E-state index is 0.210. The highest BCUT2D eigenvalue weighted by atomic mass is 19.2. The first-order valence-corrected chi connectivity index (χ1v) is 9.87. The summed E-state index contributed by atoms with van der Waals surface area (Å²) in [7, 11) is 0. The van der Waals surface area contributed by atoms with Crippen molar-refractivity contribution in [2.45, 2.75) is 46.3 Å². The zero-order chi connectivity index (χ0) is 22.9. The number of fused-ring (bicyclic) bond motifs is 1. The number of carbonyl (C=O) groups excluding carboxylic acids is 1. The Balaban J connectivity index is 2.00. The number of ether oxygens (including phenoxy) is 1. The zero-order valence-corrected chi connectivity index (χ0v) is 17.9. The van der Waals surface area contributed by atoms with Crippen LogP contribution < -0.4 is 15.8 Å². The normalized spacial score (nSPS) is 13.3. The number of nitrogens with zero attached hydrogens (tertiary/aromatic N) is 2. The first kappa shape index (κ1) is 22.6. The third kappa shape index (κ3) is 4.36. The Labute approximate surface area is 178 Å². The Morgan fingerprint density at radius 3 is 2.58 bits per heavy atom. The smallest absolute Gasteiger partial charge is 0.270 e. The number of imidazole rings is 1. The molecule has 0 aliphatic heterocycles. The molecule has 9 heteroatoms. The van der Waals surface area contributed by atoms with Gasteiger partial charge in [0.25, 0.3) is 5.91 Å². The lowest BCUT2D eigenvalue weighted by Crippen LogP contribution is -2.51. The van der Waals surface area contributed by atoms with Crippen molar-refractivity contribution in [3.63, 3.8) is 0 Å². The summed E-state index contributed by atoms with van der Waals surface area (Å²) in [5.41, 5.74) is 6.48. The molecule has 2 aromatic heterocycles. The van der Waals surface area contributed by atoms with Crippen LogP contribution in [0.2, 0.25) is 0 Å². The molecule has 1 aromatic carbocycles. The summed E-state index contributed by atoms with van der Waals surface area (Å²) in [6, 6.07) is 3.19. The number of nitrogens with two attached hydrogens (primary N) is 1. The Hall–Kier alpha value is -3.07. The topological polar surface area (TPSA) is 81.6 Å². The van der Waals surface area contributed by atoms with E-state index in [1.807, 2.05) is 13.8 Å². The van der Waals surface area contributed by atoms with Gasteiger partial charge in [-0.2, -0.15) is 0 Å². The summed E-state index contributed by atoms with van der Waals surface area (Å²) in [5.74, 6) is -3.52. The third-order valence-corrected chi connectivity index (χ3v) is 5.37. The lowest BCUT2D eigenvalue weighted by atomic mass is 9.99. The number of nitrogens with one attached hydrogen (secondary N) is 1. The Morgan fingerprint density at radius 1 is 1.26 bits per heavy atom. The van der Waals surface area contributed by atoms with E-state index in [1.54, 1.807) is 30.5 Å². The molecule has 6 nitrogen and oxygen atoms in total. The number of rotatable bonds is 7. The Bertz CT molecular complexity index is 1140. The predicted octanol–water partition coefficient (Wildman–Crippen LogP) is 3.80. The molecule has 3 aromatic rings. The highest BCUT2D eigenvalue weighted by Gasteiger charge is 2.27. The second kappa shape index (κ2) is 8.58. The molecule has 0 fully saturated rings. The molecule has 1 atom stereocenters. The van der Waals surface area contributed by atoms with Crippen molar-refractivity contribution >= 4 is 11.6 Å². The molecule has 3 rings (SSSR count). The first-order chi connectivity index (χ1) is 14.6. The number of carbonyl (C=O) groups is 1. The second-order valence-corrected chi connectivity index (χ2v) is 7.80. The van der Waals surface area contributed by atoms with Crippen LogP contribution >= 0.6 is 0 Å². The van der Waals surface area contributed by atoms with E-state index >= 15 is 0 Å².